The second-order valence-electron chi connectivity index (χ2n) is 7.41. The van der Waals surface area contributed by atoms with Gasteiger partial charge in [-0.25, -0.2) is 4.39 Å². The Labute approximate surface area is 180 Å². The third kappa shape index (κ3) is 3.24. The summed E-state index contributed by atoms with van der Waals surface area (Å²) in [6.07, 6.45) is -4.57. The van der Waals surface area contributed by atoms with E-state index in [4.69, 9.17) is 0 Å². The van der Waals surface area contributed by atoms with Crippen LogP contribution in [-0.2, 0) is 6.18 Å². The van der Waals surface area contributed by atoms with E-state index >= 15 is 0 Å². The van der Waals surface area contributed by atoms with Gasteiger partial charge < -0.3 is 0 Å². The number of aromatic amines is 1. The number of halogens is 4. The molecule has 8 heteroatoms. The quantitative estimate of drug-likeness (QED) is 0.401. The fraction of sp³-hybridized carbons (Fsp3) is 0.0833. The standard InChI is InChI=1S/C24H15F4N3O/c25-17-10-4-8-15(12-17)22-19-20(14-6-2-1-3-7-14)29-30-21(19)23(32)31(22)18-11-5-9-16(13-18)24(26,27)28/h1-13,22H,(H,29,30)/t22-/m0/s1. The summed E-state index contributed by atoms with van der Waals surface area (Å²) in [6, 6.07) is 18.5. The van der Waals surface area contributed by atoms with Crippen LogP contribution in [0.15, 0.2) is 78.9 Å². The fourth-order valence-corrected chi connectivity index (χ4v) is 4.05. The zero-order valence-corrected chi connectivity index (χ0v) is 16.4. The van der Waals surface area contributed by atoms with Gasteiger partial charge in [0, 0.05) is 16.8 Å². The molecule has 32 heavy (non-hydrogen) atoms. The van der Waals surface area contributed by atoms with Crippen molar-refractivity contribution < 1.29 is 22.4 Å². The first-order chi connectivity index (χ1) is 15.3. The number of anilines is 1. The van der Waals surface area contributed by atoms with Crippen LogP contribution in [-0.4, -0.2) is 16.1 Å². The first-order valence-electron chi connectivity index (χ1n) is 9.74. The Morgan fingerprint density at radius 1 is 0.906 bits per heavy atom. The van der Waals surface area contributed by atoms with Crippen molar-refractivity contribution in [3.8, 4) is 11.3 Å². The molecule has 0 saturated carbocycles. The van der Waals surface area contributed by atoms with Gasteiger partial charge in [-0.3, -0.25) is 14.8 Å². The van der Waals surface area contributed by atoms with Gasteiger partial charge in [0.2, 0.25) is 0 Å². The summed E-state index contributed by atoms with van der Waals surface area (Å²) in [6.45, 7) is 0. The van der Waals surface area contributed by atoms with E-state index in [1.165, 1.54) is 35.2 Å². The highest BCUT2D eigenvalue weighted by Crippen LogP contribution is 2.45. The largest absolute Gasteiger partial charge is 0.416 e. The Hall–Kier alpha value is -3.94. The predicted molar refractivity (Wildman–Crippen MR) is 111 cm³/mol. The maximum Gasteiger partial charge on any atom is 0.416 e. The van der Waals surface area contributed by atoms with E-state index in [1.807, 2.05) is 30.3 Å². The van der Waals surface area contributed by atoms with Crippen molar-refractivity contribution in [3.63, 3.8) is 0 Å². The number of aromatic nitrogens is 2. The summed E-state index contributed by atoms with van der Waals surface area (Å²) in [5.74, 6) is -1.06. The molecule has 0 saturated heterocycles. The van der Waals surface area contributed by atoms with E-state index in [-0.39, 0.29) is 11.4 Å². The van der Waals surface area contributed by atoms with Gasteiger partial charge in [-0.2, -0.15) is 18.3 Å². The summed E-state index contributed by atoms with van der Waals surface area (Å²) < 4.78 is 54.1. The number of nitrogens with one attached hydrogen (secondary N) is 1. The number of fused-ring (bicyclic) bond motifs is 1. The number of hydrogen-bond acceptors (Lipinski definition) is 2. The highest BCUT2D eigenvalue weighted by molar-refractivity contribution is 6.11. The summed E-state index contributed by atoms with van der Waals surface area (Å²) in [4.78, 5) is 14.6. The van der Waals surface area contributed by atoms with Crippen LogP contribution >= 0.6 is 0 Å². The number of rotatable bonds is 3. The minimum Gasteiger partial charge on any atom is -0.295 e. The van der Waals surface area contributed by atoms with Crippen molar-refractivity contribution in [2.75, 3.05) is 4.90 Å². The van der Waals surface area contributed by atoms with Gasteiger partial charge in [0.25, 0.3) is 5.91 Å². The number of amides is 1. The Bertz CT molecular complexity index is 1310. The number of carbonyl (C=O) groups excluding carboxylic acids is 1. The zero-order chi connectivity index (χ0) is 22.5. The number of nitrogens with zero attached hydrogens (tertiary/aromatic N) is 2. The van der Waals surface area contributed by atoms with Crippen LogP contribution in [0, 0.1) is 5.82 Å². The molecule has 4 aromatic rings. The van der Waals surface area contributed by atoms with Crippen molar-refractivity contribution in [2.45, 2.75) is 12.2 Å². The summed E-state index contributed by atoms with van der Waals surface area (Å²) in [7, 11) is 0. The molecule has 4 nitrogen and oxygen atoms in total. The lowest BCUT2D eigenvalue weighted by Gasteiger charge is -2.27. The smallest absolute Gasteiger partial charge is 0.295 e. The molecule has 0 radical (unpaired) electrons. The van der Waals surface area contributed by atoms with E-state index in [0.29, 0.717) is 16.8 Å². The third-order valence-corrected chi connectivity index (χ3v) is 5.43. The zero-order valence-electron chi connectivity index (χ0n) is 16.4. The number of benzene rings is 3. The van der Waals surface area contributed by atoms with Gasteiger partial charge in [-0.05, 0) is 35.9 Å². The summed E-state index contributed by atoms with van der Waals surface area (Å²) in [5.41, 5.74) is 1.47. The summed E-state index contributed by atoms with van der Waals surface area (Å²) >= 11 is 0. The molecule has 1 aromatic heterocycles. The Balaban J connectivity index is 1.73. The maximum atomic E-state index is 14.1. The molecule has 160 valence electrons. The highest BCUT2D eigenvalue weighted by atomic mass is 19.4. The lowest BCUT2D eigenvalue weighted by Crippen LogP contribution is -2.29. The predicted octanol–water partition coefficient (Wildman–Crippen LogP) is 5.98. The topological polar surface area (TPSA) is 49.0 Å². The molecular weight excluding hydrogens is 422 g/mol. The molecule has 1 aliphatic rings. The second kappa shape index (κ2) is 7.33. The molecule has 0 spiro atoms. The van der Waals surface area contributed by atoms with Gasteiger partial charge >= 0.3 is 6.18 Å². The highest BCUT2D eigenvalue weighted by Gasteiger charge is 2.43. The van der Waals surface area contributed by atoms with E-state index < -0.39 is 29.5 Å². The van der Waals surface area contributed by atoms with Crippen molar-refractivity contribution in [2.24, 2.45) is 0 Å². The molecule has 1 amide bonds. The number of alkyl halides is 3. The third-order valence-electron chi connectivity index (χ3n) is 5.43. The van der Waals surface area contributed by atoms with Crippen LogP contribution < -0.4 is 4.90 Å². The van der Waals surface area contributed by atoms with Crippen molar-refractivity contribution in [1.82, 2.24) is 10.2 Å². The molecule has 2 heterocycles. The molecule has 0 unspecified atom stereocenters. The fourth-order valence-electron chi connectivity index (χ4n) is 4.05. The van der Waals surface area contributed by atoms with Gasteiger partial charge in [0.15, 0.2) is 0 Å². The van der Waals surface area contributed by atoms with E-state index in [0.717, 1.165) is 17.7 Å². The maximum absolute atomic E-state index is 14.1. The number of H-pyrrole nitrogens is 1. The van der Waals surface area contributed by atoms with E-state index in [2.05, 4.69) is 10.2 Å². The van der Waals surface area contributed by atoms with E-state index in [1.54, 1.807) is 6.07 Å². The Morgan fingerprint density at radius 2 is 1.66 bits per heavy atom. The van der Waals surface area contributed by atoms with Crippen LogP contribution in [0.1, 0.15) is 33.2 Å². The lowest BCUT2D eigenvalue weighted by molar-refractivity contribution is -0.137. The average molecular weight is 437 g/mol. The van der Waals surface area contributed by atoms with Gasteiger partial charge in [-0.1, -0.05) is 48.5 Å². The number of carbonyl (C=O) groups is 1. The Kier molecular flexibility index (Phi) is 4.58. The lowest BCUT2D eigenvalue weighted by atomic mass is 9.95. The van der Waals surface area contributed by atoms with Crippen molar-refractivity contribution >= 4 is 11.6 Å². The monoisotopic (exact) mass is 437 g/mol. The molecule has 0 aliphatic carbocycles. The molecule has 1 atom stereocenters. The van der Waals surface area contributed by atoms with Crippen LogP contribution in [0.2, 0.25) is 0 Å². The molecule has 1 N–H and O–H groups in total. The van der Waals surface area contributed by atoms with Crippen LogP contribution in [0.4, 0.5) is 23.2 Å². The minimum atomic E-state index is -4.57. The molecule has 1 aliphatic heterocycles. The number of hydrogen-bond donors (Lipinski definition) is 1. The van der Waals surface area contributed by atoms with Gasteiger partial charge in [-0.15, -0.1) is 0 Å². The first-order valence-corrected chi connectivity index (χ1v) is 9.74. The molecular formula is C24H15F4N3O. The minimum absolute atomic E-state index is 0.0581. The van der Waals surface area contributed by atoms with Gasteiger partial charge in [0.1, 0.15) is 11.5 Å². The molecule has 3 aromatic carbocycles. The van der Waals surface area contributed by atoms with E-state index in [9.17, 15) is 22.4 Å². The van der Waals surface area contributed by atoms with Crippen molar-refractivity contribution in [1.29, 1.82) is 0 Å². The SMILES string of the molecule is O=C1c2[nH]nc(-c3ccccc3)c2[C@H](c2cccc(F)c2)N1c1cccc(C(F)(F)F)c1. The normalized spacial score (nSPS) is 15.8. The van der Waals surface area contributed by atoms with Crippen LogP contribution in [0.3, 0.4) is 0 Å². The van der Waals surface area contributed by atoms with Crippen LogP contribution in [0.25, 0.3) is 11.3 Å². The first kappa shape index (κ1) is 20.0. The molecule has 0 bridgehead atoms. The molecule has 0 fully saturated rings. The Morgan fingerprint density at radius 3 is 2.38 bits per heavy atom. The summed E-state index contributed by atoms with van der Waals surface area (Å²) in [5, 5.41) is 7.03. The second-order valence-corrected chi connectivity index (χ2v) is 7.41. The average Bonchev–Trinajstić information content (AvgIpc) is 3.33. The van der Waals surface area contributed by atoms with Gasteiger partial charge in [0.05, 0.1) is 17.3 Å². The molecule has 5 rings (SSSR count). The van der Waals surface area contributed by atoms with Crippen LogP contribution in [0.5, 0.6) is 0 Å². The van der Waals surface area contributed by atoms with Crippen molar-refractivity contribution in [3.05, 3.63) is 107 Å².